The molecule has 4 fully saturated rings. The summed E-state index contributed by atoms with van der Waals surface area (Å²) in [5.74, 6) is 8.66. The van der Waals surface area contributed by atoms with E-state index in [0.717, 1.165) is 11.8 Å². The van der Waals surface area contributed by atoms with Gasteiger partial charge in [-0.3, -0.25) is 0 Å². The van der Waals surface area contributed by atoms with Crippen LogP contribution >= 0.6 is 0 Å². The molecule has 0 aliphatic heterocycles. The van der Waals surface area contributed by atoms with E-state index in [9.17, 15) is 0 Å². The molecule has 1 aromatic rings. The van der Waals surface area contributed by atoms with Crippen molar-refractivity contribution in [3.63, 3.8) is 0 Å². The molecule has 0 nitrogen and oxygen atoms in total. The van der Waals surface area contributed by atoms with Crippen molar-refractivity contribution in [1.29, 1.82) is 0 Å². The number of benzene rings is 1. The quantitative estimate of drug-likeness (QED) is 0.269. The second-order valence-electron chi connectivity index (χ2n) is 25.5. The fourth-order valence-electron chi connectivity index (χ4n) is 14.5. The highest BCUT2D eigenvalue weighted by Crippen LogP contribution is 2.63. The average molecular weight is 803 g/mol. The highest BCUT2D eigenvalue weighted by Gasteiger charge is 2.55. The van der Waals surface area contributed by atoms with Gasteiger partial charge in [0.05, 0.1) is 0 Å². The molecule has 8 aliphatic rings. The molecule has 0 radical (unpaired) electrons. The first kappa shape index (κ1) is 42.4. The summed E-state index contributed by atoms with van der Waals surface area (Å²) in [7, 11) is 0. The maximum absolute atomic E-state index is 2.75. The number of hydrogen-bond donors (Lipinski definition) is 0. The van der Waals surface area contributed by atoms with Gasteiger partial charge < -0.3 is 0 Å². The van der Waals surface area contributed by atoms with Crippen LogP contribution in [0, 0.1) is 92.7 Å². The van der Waals surface area contributed by atoms with Gasteiger partial charge in [-0.25, -0.2) is 0 Å². The van der Waals surface area contributed by atoms with Crippen molar-refractivity contribution in [3.05, 3.63) is 131 Å². The first-order chi connectivity index (χ1) is 28.3. The van der Waals surface area contributed by atoms with Crippen LogP contribution in [0.3, 0.4) is 0 Å². The fraction of sp³-hybridized carbons (Fsp3) is 0.633. The lowest BCUT2D eigenvalue weighted by Crippen LogP contribution is -2.30. The molecule has 10 unspecified atom stereocenters. The summed E-state index contributed by atoms with van der Waals surface area (Å²) in [6.07, 6.45) is 43.2. The van der Waals surface area contributed by atoms with Crippen molar-refractivity contribution >= 4 is 0 Å². The standard InChI is InChI=1S/C60H82/c1-57(2,3)41-25-29-45-49(33-41)50-34-42(58(4,5)6)26-30-46(50)55(45)53(37-17-13-14-18-37)39-21-23-40(24-22-39)54(38-19-15-16-20-38)56-47-31-27-43(59(7,8)9)35-51(47)52-36-44(60(10,11)12)28-32-48(52)56/h21-38,45-56H,13-20H2,1-12H3. The summed E-state index contributed by atoms with van der Waals surface area (Å²) in [6, 6.07) is 10.8. The zero-order valence-electron chi connectivity index (χ0n) is 40.0. The molecule has 0 heteroatoms. The first-order valence-corrected chi connectivity index (χ1v) is 25.0. The molecule has 0 amide bonds. The van der Waals surface area contributed by atoms with Crippen LogP contribution in [0.25, 0.3) is 0 Å². The van der Waals surface area contributed by atoms with E-state index in [1.807, 2.05) is 0 Å². The Labute approximate surface area is 368 Å². The predicted octanol–water partition coefficient (Wildman–Crippen LogP) is 16.6. The molecule has 1 aromatic carbocycles. The molecule has 0 bridgehead atoms. The Hall–Kier alpha value is -2.86. The molecule has 4 saturated carbocycles. The van der Waals surface area contributed by atoms with Crippen LogP contribution in [0.15, 0.2) is 119 Å². The van der Waals surface area contributed by atoms with Crippen molar-refractivity contribution in [2.75, 3.05) is 0 Å². The zero-order valence-corrected chi connectivity index (χ0v) is 40.0. The SMILES string of the molecule is CC(C)(C)C1=CC2C3C=C(C(C)(C)C)C=CC3C(C(c3ccc(C(C4CCCC4)C4C5C=CC(C(C)(C)C)=CC5C5C=C(C(C)(C)C)C=CC54)cc3)C3CCCC3)C2C=C1. The topological polar surface area (TPSA) is 0 Å². The average Bonchev–Trinajstić information content (AvgIpc) is 4.01. The molecule has 322 valence electrons. The van der Waals surface area contributed by atoms with E-state index < -0.39 is 0 Å². The molecule has 0 N–H and O–H groups in total. The minimum absolute atomic E-state index is 0.170. The van der Waals surface area contributed by atoms with Crippen molar-refractivity contribution in [3.8, 4) is 0 Å². The van der Waals surface area contributed by atoms with E-state index in [2.05, 4.69) is 180 Å². The summed E-state index contributed by atoms with van der Waals surface area (Å²) in [6.45, 7) is 28.9. The van der Waals surface area contributed by atoms with E-state index in [0.29, 0.717) is 71.0 Å². The third-order valence-electron chi connectivity index (χ3n) is 17.7. The van der Waals surface area contributed by atoms with Gasteiger partial charge in [-0.15, -0.1) is 0 Å². The largest absolute Gasteiger partial charge is 0.0802 e. The molecule has 0 spiro atoms. The molecule has 9 rings (SSSR count). The van der Waals surface area contributed by atoms with E-state index in [1.165, 1.54) is 73.7 Å². The normalized spacial score (nSPS) is 35.3. The number of fused-ring (bicyclic) bond motifs is 6. The van der Waals surface area contributed by atoms with Crippen molar-refractivity contribution in [2.24, 2.45) is 92.7 Å². The predicted molar refractivity (Wildman–Crippen MR) is 257 cm³/mol. The van der Waals surface area contributed by atoms with E-state index in [-0.39, 0.29) is 21.7 Å². The molecule has 60 heavy (non-hydrogen) atoms. The molecular weight excluding hydrogens is 721 g/mol. The van der Waals surface area contributed by atoms with Crippen LogP contribution in [0.4, 0.5) is 0 Å². The Morgan fingerprint density at radius 2 is 0.583 bits per heavy atom. The van der Waals surface area contributed by atoms with Gasteiger partial charge in [-0.05, 0) is 164 Å². The van der Waals surface area contributed by atoms with Crippen molar-refractivity contribution in [2.45, 2.75) is 146 Å². The van der Waals surface area contributed by atoms with Gasteiger partial charge >= 0.3 is 0 Å². The Kier molecular flexibility index (Phi) is 10.9. The zero-order chi connectivity index (χ0) is 42.5. The number of hydrogen-bond acceptors (Lipinski definition) is 0. The number of allylic oxidation sites excluding steroid dienone is 16. The second-order valence-corrected chi connectivity index (χ2v) is 25.5. The van der Waals surface area contributed by atoms with Crippen molar-refractivity contribution < 1.29 is 0 Å². The minimum Gasteiger partial charge on any atom is -0.0802 e. The lowest BCUT2D eigenvalue weighted by molar-refractivity contribution is 0.235. The summed E-state index contributed by atoms with van der Waals surface area (Å²) < 4.78 is 0. The van der Waals surface area contributed by atoms with Crippen LogP contribution in [-0.2, 0) is 0 Å². The van der Waals surface area contributed by atoms with E-state index in [4.69, 9.17) is 0 Å². The van der Waals surface area contributed by atoms with Gasteiger partial charge in [0.15, 0.2) is 0 Å². The van der Waals surface area contributed by atoms with Crippen LogP contribution in [0.2, 0.25) is 0 Å². The van der Waals surface area contributed by atoms with Crippen LogP contribution in [0.5, 0.6) is 0 Å². The van der Waals surface area contributed by atoms with E-state index >= 15 is 0 Å². The first-order valence-electron chi connectivity index (χ1n) is 25.0. The van der Waals surface area contributed by atoms with Gasteiger partial charge in [0.25, 0.3) is 0 Å². The summed E-state index contributed by atoms with van der Waals surface area (Å²) in [5.41, 5.74) is 10.1. The molecule has 0 heterocycles. The fourth-order valence-corrected chi connectivity index (χ4v) is 14.5. The van der Waals surface area contributed by atoms with Gasteiger partial charge in [-0.1, -0.05) is 206 Å². The lowest BCUT2D eigenvalue weighted by atomic mass is 9.65. The molecule has 10 atom stereocenters. The van der Waals surface area contributed by atoms with Crippen LogP contribution in [0.1, 0.15) is 157 Å². The summed E-state index contributed by atoms with van der Waals surface area (Å²) in [4.78, 5) is 0. The van der Waals surface area contributed by atoms with Gasteiger partial charge in [-0.2, -0.15) is 0 Å². The smallest absolute Gasteiger partial charge is 0.00923 e. The third kappa shape index (κ3) is 7.67. The van der Waals surface area contributed by atoms with Crippen LogP contribution in [-0.4, -0.2) is 0 Å². The van der Waals surface area contributed by atoms with Gasteiger partial charge in [0, 0.05) is 0 Å². The Balaban J connectivity index is 1.10. The highest BCUT2D eigenvalue weighted by molar-refractivity contribution is 5.44. The molecule has 0 aromatic heterocycles. The summed E-state index contributed by atoms with van der Waals surface area (Å²) >= 11 is 0. The Bertz CT molecular complexity index is 1760. The van der Waals surface area contributed by atoms with Crippen molar-refractivity contribution in [1.82, 2.24) is 0 Å². The maximum Gasteiger partial charge on any atom is -0.00923 e. The lowest BCUT2D eigenvalue weighted by Gasteiger charge is -2.39. The minimum atomic E-state index is 0.170. The third-order valence-corrected chi connectivity index (χ3v) is 17.7. The van der Waals surface area contributed by atoms with Crippen LogP contribution < -0.4 is 0 Å². The van der Waals surface area contributed by atoms with E-state index in [1.54, 1.807) is 11.1 Å². The highest BCUT2D eigenvalue weighted by atomic mass is 14.6. The number of rotatable bonds is 6. The second kappa shape index (κ2) is 15.4. The molecular formula is C60H82. The summed E-state index contributed by atoms with van der Waals surface area (Å²) in [5, 5.41) is 0. The molecule has 0 saturated heterocycles. The van der Waals surface area contributed by atoms with Gasteiger partial charge in [0.2, 0.25) is 0 Å². The van der Waals surface area contributed by atoms with Gasteiger partial charge in [0.1, 0.15) is 0 Å². The maximum atomic E-state index is 2.75. The molecule has 8 aliphatic carbocycles. The monoisotopic (exact) mass is 803 g/mol. The Morgan fingerprint density at radius 1 is 0.350 bits per heavy atom. The Morgan fingerprint density at radius 3 is 0.800 bits per heavy atom.